The Hall–Kier alpha value is -1.03. The van der Waals surface area contributed by atoms with Crippen LogP contribution in [0.5, 0.6) is 0 Å². The molecule has 2 rings (SSSR count). The van der Waals surface area contributed by atoms with Gasteiger partial charge in [-0.25, -0.2) is 8.42 Å². The number of fused-ring (bicyclic) bond motifs is 1. The molecular weight excluding hydrogens is 234 g/mol. The van der Waals surface area contributed by atoms with Crippen molar-refractivity contribution in [1.29, 1.82) is 0 Å². The van der Waals surface area contributed by atoms with E-state index in [2.05, 4.69) is 19.2 Å². The smallest absolute Gasteiger partial charge is 0.184 e. The topological polar surface area (TPSA) is 46.2 Å². The van der Waals surface area contributed by atoms with Crippen molar-refractivity contribution >= 4 is 15.5 Å². The lowest BCUT2D eigenvalue weighted by molar-refractivity contribution is 0.574. The molecule has 4 heteroatoms. The summed E-state index contributed by atoms with van der Waals surface area (Å²) >= 11 is 0. The Labute approximate surface area is 103 Å². The number of hydrogen-bond acceptors (Lipinski definition) is 3. The lowest BCUT2D eigenvalue weighted by Gasteiger charge is -2.26. The highest BCUT2D eigenvalue weighted by Crippen LogP contribution is 2.33. The summed E-state index contributed by atoms with van der Waals surface area (Å²) in [6.07, 6.45) is 0.653. The molecule has 1 aromatic rings. The Morgan fingerprint density at radius 3 is 2.71 bits per heavy atom. The first-order valence-electron chi connectivity index (χ1n) is 6.08. The van der Waals surface area contributed by atoms with Gasteiger partial charge in [0.1, 0.15) is 0 Å². The molecule has 94 valence electrons. The fourth-order valence-corrected chi connectivity index (χ4v) is 4.00. The molecule has 0 saturated carbocycles. The van der Waals surface area contributed by atoms with Crippen molar-refractivity contribution in [3.8, 4) is 0 Å². The number of nitrogens with one attached hydrogen (secondary N) is 1. The molecule has 1 atom stereocenters. The highest BCUT2D eigenvalue weighted by Gasteiger charge is 2.32. The maximum absolute atomic E-state index is 12.4. The average Bonchev–Trinajstić information content (AvgIpc) is 2.28. The van der Waals surface area contributed by atoms with Gasteiger partial charge in [0.25, 0.3) is 0 Å². The van der Waals surface area contributed by atoms with Crippen molar-refractivity contribution in [1.82, 2.24) is 0 Å². The standard InChI is InChI=1S/C13H19NO2S/c1-4-11-8-14-12-6-5-10(9(2)3)7-13(12)17(11,15)16/h5-7,9,11,14H,4,8H2,1-3H3. The zero-order valence-corrected chi connectivity index (χ0v) is 11.3. The number of benzene rings is 1. The maximum Gasteiger partial charge on any atom is 0.184 e. The Morgan fingerprint density at radius 1 is 1.41 bits per heavy atom. The molecule has 0 aliphatic carbocycles. The van der Waals surface area contributed by atoms with E-state index in [1.165, 1.54) is 0 Å². The Kier molecular flexibility index (Phi) is 3.17. The van der Waals surface area contributed by atoms with Gasteiger partial charge in [-0.1, -0.05) is 26.8 Å². The Balaban J connectivity index is 2.56. The van der Waals surface area contributed by atoms with Gasteiger partial charge in [-0.3, -0.25) is 0 Å². The van der Waals surface area contributed by atoms with Gasteiger partial charge >= 0.3 is 0 Å². The molecule has 3 nitrogen and oxygen atoms in total. The molecule has 0 fully saturated rings. The fraction of sp³-hybridized carbons (Fsp3) is 0.538. The van der Waals surface area contributed by atoms with Crippen molar-refractivity contribution in [3.63, 3.8) is 0 Å². The molecule has 1 aliphatic rings. The predicted octanol–water partition coefficient (Wildman–Crippen LogP) is 2.79. The van der Waals surface area contributed by atoms with Crippen LogP contribution in [0.1, 0.15) is 38.7 Å². The zero-order valence-electron chi connectivity index (χ0n) is 10.5. The van der Waals surface area contributed by atoms with Crippen molar-refractivity contribution in [2.45, 2.75) is 43.3 Å². The van der Waals surface area contributed by atoms with Gasteiger partial charge in [-0.2, -0.15) is 0 Å². The number of sulfone groups is 1. The summed E-state index contributed by atoms with van der Waals surface area (Å²) in [7, 11) is -3.15. The van der Waals surface area contributed by atoms with Crippen molar-refractivity contribution < 1.29 is 8.42 Å². The van der Waals surface area contributed by atoms with Gasteiger partial charge in [0.2, 0.25) is 0 Å². The normalized spacial score (nSPS) is 22.0. The van der Waals surface area contributed by atoms with Crippen LogP contribution in [0.15, 0.2) is 23.1 Å². The molecule has 1 N–H and O–H groups in total. The van der Waals surface area contributed by atoms with Crippen LogP contribution in [0.2, 0.25) is 0 Å². The lowest BCUT2D eigenvalue weighted by Crippen LogP contribution is -2.33. The quantitative estimate of drug-likeness (QED) is 0.881. The van der Waals surface area contributed by atoms with Crippen LogP contribution in [0.3, 0.4) is 0 Å². The summed E-state index contributed by atoms with van der Waals surface area (Å²) in [5, 5.41) is 2.91. The van der Waals surface area contributed by atoms with Crippen LogP contribution in [-0.2, 0) is 9.84 Å². The summed E-state index contributed by atoms with van der Waals surface area (Å²) in [5.41, 5.74) is 1.82. The van der Waals surface area contributed by atoms with Gasteiger partial charge < -0.3 is 5.32 Å². The van der Waals surface area contributed by atoms with E-state index in [0.717, 1.165) is 11.3 Å². The molecular formula is C13H19NO2S. The third-order valence-corrected chi connectivity index (χ3v) is 5.72. The first-order valence-corrected chi connectivity index (χ1v) is 7.63. The average molecular weight is 253 g/mol. The van der Waals surface area contributed by atoms with E-state index in [1.807, 2.05) is 25.1 Å². The van der Waals surface area contributed by atoms with Crippen molar-refractivity contribution in [2.75, 3.05) is 11.9 Å². The predicted molar refractivity (Wildman–Crippen MR) is 70.3 cm³/mol. The molecule has 0 aromatic heterocycles. The van der Waals surface area contributed by atoms with Gasteiger partial charge in [0.15, 0.2) is 9.84 Å². The molecule has 1 unspecified atom stereocenters. The highest BCUT2D eigenvalue weighted by atomic mass is 32.2. The van der Waals surface area contributed by atoms with Crippen LogP contribution in [0.25, 0.3) is 0 Å². The van der Waals surface area contributed by atoms with E-state index in [4.69, 9.17) is 0 Å². The molecule has 0 radical (unpaired) electrons. The van der Waals surface area contributed by atoms with Crippen LogP contribution in [0.4, 0.5) is 5.69 Å². The molecule has 0 spiro atoms. The number of hydrogen-bond donors (Lipinski definition) is 1. The second-order valence-electron chi connectivity index (χ2n) is 4.87. The fourth-order valence-electron chi connectivity index (χ4n) is 2.16. The van der Waals surface area contributed by atoms with Gasteiger partial charge in [-0.05, 0) is 30.0 Å². The monoisotopic (exact) mass is 253 g/mol. The molecule has 1 heterocycles. The summed E-state index contributed by atoms with van der Waals surface area (Å²) in [5.74, 6) is 0.345. The minimum Gasteiger partial charge on any atom is -0.383 e. The van der Waals surface area contributed by atoms with E-state index >= 15 is 0 Å². The van der Waals surface area contributed by atoms with E-state index in [9.17, 15) is 8.42 Å². The molecule has 17 heavy (non-hydrogen) atoms. The molecule has 0 bridgehead atoms. The SMILES string of the molecule is CCC1CNc2ccc(C(C)C)cc2S1(=O)=O. The van der Waals surface area contributed by atoms with E-state index in [0.29, 0.717) is 23.8 Å². The molecule has 0 amide bonds. The summed E-state index contributed by atoms with van der Waals surface area (Å²) in [6.45, 7) is 6.58. The van der Waals surface area contributed by atoms with Crippen molar-refractivity contribution in [3.05, 3.63) is 23.8 Å². The van der Waals surface area contributed by atoms with Crippen LogP contribution in [-0.4, -0.2) is 20.2 Å². The van der Waals surface area contributed by atoms with Crippen LogP contribution >= 0.6 is 0 Å². The second-order valence-corrected chi connectivity index (χ2v) is 7.06. The maximum atomic E-state index is 12.4. The van der Waals surface area contributed by atoms with Crippen molar-refractivity contribution in [2.24, 2.45) is 0 Å². The summed E-state index contributed by atoms with van der Waals surface area (Å²) < 4.78 is 24.7. The Bertz CT molecular complexity index is 520. The van der Waals surface area contributed by atoms with E-state index in [1.54, 1.807) is 0 Å². The summed E-state index contributed by atoms with van der Waals surface area (Å²) in [6, 6.07) is 5.70. The second kappa shape index (κ2) is 4.33. The largest absolute Gasteiger partial charge is 0.383 e. The third kappa shape index (κ3) is 2.06. The first-order chi connectivity index (χ1) is 7.96. The molecule has 1 aromatic carbocycles. The van der Waals surface area contributed by atoms with E-state index < -0.39 is 9.84 Å². The van der Waals surface area contributed by atoms with E-state index in [-0.39, 0.29) is 5.25 Å². The van der Waals surface area contributed by atoms with Gasteiger partial charge in [0, 0.05) is 6.54 Å². The Morgan fingerprint density at radius 2 is 2.12 bits per heavy atom. The number of anilines is 1. The highest BCUT2D eigenvalue weighted by molar-refractivity contribution is 7.92. The third-order valence-electron chi connectivity index (χ3n) is 3.39. The van der Waals surface area contributed by atoms with Crippen LogP contribution in [0, 0.1) is 0 Å². The molecule has 0 saturated heterocycles. The van der Waals surface area contributed by atoms with Crippen LogP contribution < -0.4 is 5.32 Å². The molecule has 1 aliphatic heterocycles. The summed E-state index contributed by atoms with van der Waals surface area (Å²) in [4.78, 5) is 0.474. The lowest BCUT2D eigenvalue weighted by atomic mass is 10.0. The minimum absolute atomic E-state index is 0.294. The number of rotatable bonds is 2. The van der Waals surface area contributed by atoms with Gasteiger partial charge in [0.05, 0.1) is 15.8 Å². The first kappa shape index (κ1) is 12.4. The zero-order chi connectivity index (χ0) is 12.6. The van der Waals surface area contributed by atoms with Gasteiger partial charge in [-0.15, -0.1) is 0 Å². The minimum atomic E-state index is -3.15.